The quantitative estimate of drug-likeness (QED) is 0.424. The van der Waals surface area contributed by atoms with E-state index in [1.54, 1.807) is 12.3 Å². The second kappa shape index (κ2) is 9.22. The molecule has 30 heavy (non-hydrogen) atoms. The Labute approximate surface area is 175 Å². The Kier molecular flexibility index (Phi) is 6.03. The van der Waals surface area contributed by atoms with Gasteiger partial charge < -0.3 is 13.7 Å². The van der Waals surface area contributed by atoms with Crippen molar-refractivity contribution in [1.82, 2.24) is 15.1 Å². The number of carbonyl (C=O) groups excluding carboxylic acids is 1. The van der Waals surface area contributed by atoms with E-state index in [0.717, 1.165) is 22.5 Å². The highest BCUT2D eigenvalue weighted by molar-refractivity contribution is 5.76. The molecule has 0 spiro atoms. The average molecular weight is 401 g/mol. The summed E-state index contributed by atoms with van der Waals surface area (Å²) in [7, 11) is 0. The normalized spacial score (nSPS) is 10.8. The van der Waals surface area contributed by atoms with Crippen LogP contribution in [0.4, 0.5) is 0 Å². The fourth-order valence-electron chi connectivity index (χ4n) is 3.28. The molecule has 6 nitrogen and oxygen atoms in total. The van der Waals surface area contributed by atoms with Crippen molar-refractivity contribution in [2.45, 2.75) is 32.9 Å². The summed E-state index contributed by atoms with van der Waals surface area (Å²) in [5.41, 5.74) is 2.96. The van der Waals surface area contributed by atoms with Crippen LogP contribution in [0.3, 0.4) is 0 Å². The lowest BCUT2D eigenvalue weighted by Gasteiger charge is -2.23. The molecule has 0 saturated heterocycles. The smallest absolute Gasteiger partial charge is 0.251 e. The summed E-state index contributed by atoms with van der Waals surface area (Å²) in [5.74, 6) is 1.62. The molecule has 0 bridgehead atoms. The molecule has 2 aromatic carbocycles. The zero-order valence-corrected chi connectivity index (χ0v) is 16.8. The minimum Gasteiger partial charge on any atom is -0.469 e. The third-order valence-electron chi connectivity index (χ3n) is 4.89. The van der Waals surface area contributed by atoms with E-state index in [2.05, 4.69) is 10.2 Å². The predicted molar refractivity (Wildman–Crippen MR) is 112 cm³/mol. The highest BCUT2D eigenvalue weighted by Crippen LogP contribution is 2.23. The van der Waals surface area contributed by atoms with Crippen molar-refractivity contribution in [3.8, 4) is 11.5 Å². The molecule has 1 amide bonds. The number of benzene rings is 2. The first-order chi connectivity index (χ1) is 14.7. The molecule has 4 rings (SSSR count). The van der Waals surface area contributed by atoms with Crippen molar-refractivity contribution < 1.29 is 13.6 Å². The molecule has 4 aromatic rings. The maximum atomic E-state index is 13.0. The molecule has 0 saturated carbocycles. The zero-order valence-electron chi connectivity index (χ0n) is 16.8. The number of rotatable bonds is 8. The van der Waals surface area contributed by atoms with E-state index in [4.69, 9.17) is 8.83 Å². The summed E-state index contributed by atoms with van der Waals surface area (Å²) < 4.78 is 11.0. The molecular formula is C24H23N3O3. The fraction of sp³-hybridized carbons (Fsp3) is 0.208. The zero-order chi connectivity index (χ0) is 20.8. The fourth-order valence-corrected chi connectivity index (χ4v) is 3.28. The second-order valence-corrected chi connectivity index (χ2v) is 7.11. The topological polar surface area (TPSA) is 72.4 Å². The van der Waals surface area contributed by atoms with Crippen molar-refractivity contribution in [3.05, 3.63) is 95.8 Å². The van der Waals surface area contributed by atoms with E-state index in [-0.39, 0.29) is 5.91 Å². The first-order valence-corrected chi connectivity index (χ1v) is 9.91. The van der Waals surface area contributed by atoms with Crippen molar-refractivity contribution in [3.63, 3.8) is 0 Å². The van der Waals surface area contributed by atoms with Crippen LogP contribution >= 0.6 is 0 Å². The predicted octanol–water partition coefficient (Wildman–Crippen LogP) is 4.80. The molecule has 6 heteroatoms. The Bertz CT molecular complexity index is 1050. The van der Waals surface area contributed by atoms with Crippen molar-refractivity contribution in [2.75, 3.05) is 0 Å². The van der Waals surface area contributed by atoms with E-state index < -0.39 is 0 Å². The van der Waals surface area contributed by atoms with Gasteiger partial charge in [0, 0.05) is 25.9 Å². The van der Waals surface area contributed by atoms with Crippen LogP contribution in [0.25, 0.3) is 11.5 Å². The van der Waals surface area contributed by atoms with Crippen LogP contribution in [0, 0.1) is 6.92 Å². The number of carbonyl (C=O) groups is 1. The first kappa shape index (κ1) is 19.6. The highest BCUT2D eigenvalue weighted by atomic mass is 16.4. The Hall–Kier alpha value is -3.67. The Morgan fingerprint density at radius 2 is 1.53 bits per heavy atom. The number of nitrogens with zero attached hydrogens (tertiary/aromatic N) is 3. The van der Waals surface area contributed by atoms with Gasteiger partial charge in [-0.1, -0.05) is 60.7 Å². The Morgan fingerprint density at radius 1 is 0.900 bits per heavy atom. The van der Waals surface area contributed by atoms with Crippen molar-refractivity contribution >= 4 is 5.91 Å². The van der Waals surface area contributed by atoms with E-state index in [1.807, 2.05) is 72.5 Å². The van der Waals surface area contributed by atoms with Crippen molar-refractivity contribution in [1.29, 1.82) is 0 Å². The Morgan fingerprint density at radius 3 is 2.10 bits per heavy atom. The number of aromatic nitrogens is 2. The lowest BCUT2D eigenvalue weighted by Crippen LogP contribution is -2.30. The highest BCUT2D eigenvalue weighted by Gasteiger charge is 2.18. The van der Waals surface area contributed by atoms with Gasteiger partial charge in [0.2, 0.25) is 11.8 Å². The van der Waals surface area contributed by atoms with Gasteiger partial charge >= 0.3 is 0 Å². The van der Waals surface area contributed by atoms with Crippen LogP contribution < -0.4 is 0 Å². The van der Waals surface area contributed by atoms with Gasteiger partial charge in [0.15, 0.2) is 0 Å². The molecule has 152 valence electrons. The lowest BCUT2D eigenvalue weighted by molar-refractivity contribution is -0.132. The summed E-state index contributed by atoms with van der Waals surface area (Å²) in [6.45, 7) is 2.95. The van der Waals surface area contributed by atoms with E-state index in [1.165, 1.54) is 0 Å². The summed E-state index contributed by atoms with van der Waals surface area (Å²) >= 11 is 0. The third kappa shape index (κ3) is 4.84. The first-order valence-electron chi connectivity index (χ1n) is 9.91. The molecule has 2 heterocycles. The van der Waals surface area contributed by atoms with Crippen LogP contribution in [-0.2, 0) is 24.3 Å². The van der Waals surface area contributed by atoms with E-state index in [0.29, 0.717) is 37.7 Å². The second-order valence-electron chi connectivity index (χ2n) is 7.11. The van der Waals surface area contributed by atoms with Crippen molar-refractivity contribution in [2.24, 2.45) is 0 Å². The maximum Gasteiger partial charge on any atom is 0.251 e. The van der Waals surface area contributed by atoms with Gasteiger partial charge in [0.05, 0.1) is 11.8 Å². The minimum absolute atomic E-state index is 0.0435. The summed E-state index contributed by atoms with van der Waals surface area (Å²) in [4.78, 5) is 14.9. The molecule has 0 aliphatic carbocycles. The Balaban J connectivity index is 1.43. The summed E-state index contributed by atoms with van der Waals surface area (Å²) in [6.07, 6.45) is 2.28. The largest absolute Gasteiger partial charge is 0.469 e. The van der Waals surface area contributed by atoms with E-state index >= 15 is 0 Å². The number of hydrogen-bond acceptors (Lipinski definition) is 5. The SMILES string of the molecule is Cc1occc1-c1nnc(CCC(=O)N(Cc2ccccc2)Cc2ccccc2)o1. The van der Waals surface area contributed by atoms with Crippen LogP contribution in [0.5, 0.6) is 0 Å². The number of furan rings is 1. The molecular weight excluding hydrogens is 378 g/mol. The summed E-state index contributed by atoms with van der Waals surface area (Å²) in [5, 5.41) is 8.16. The molecule has 0 radical (unpaired) electrons. The molecule has 2 aromatic heterocycles. The molecule has 0 aliphatic rings. The maximum absolute atomic E-state index is 13.0. The van der Waals surface area contributed by atoms with Gasteiger partial charge in [0.25, 0.3) is 5.89 Å². The molecule has 0 N–H and O–H groups in total. The lowest BCUT2D eigenvalue weighted by atomic mass is 10.1. The van der Waals surface area contributed by atoms with Crippen LogP contribution in [0.1, 0.15) is 29.2 Å². The van der Waals surface area contributed by atoms with Crippen LogP contribution in [0.2, 0.25) is 0 Å². The summed E-state index contributed by atoms with van der Waals surface area (Å²) in [6, 6.07) is 21.8. The molecule has 0 unspecified atom stereocenters. The van der Waals surface area contributed by atoms with Gasteiger partial charge in [-0.2, -0.15) is 0 Å². The number of amides is 1. The van der Waals surface area contributed by atoms with Gasteiger partial charge in [-0.3, -0.25) is 4.79 Å². The number of aryl methyl sites for hydroxylation is 2. The van der Waals surface area contributed by atoms with Gasteiger partial charge in [-0.25, -0.2) is 0 Å². The van der Waals surface area contributed by atoms with Crippen LogP contribution in [0.15, 0.2) is 81.8 Å². The molecule has 0 aliphatic heterocycles. The van der Waals surface area contributed by atoms with E-state index in [9.17, 15) is 4.79 Å². The average Bonchev–Trinajstić information content (AvgIpc) is 3.41. The standard InChI is InChI=1S/C24H23N3O3/c1-18-21(14-15-29-18)24-26-25-22(30-24)12-13-23(28)27(16-19-8-4-2-5-9-19)17-20-10-6-3-7-11-20/h2-11,14-15H,12-13,16-17H2,1H3. The minimum atomic E-state index is 0.0435. The molecule has 0 atom stereocenters. The third-order valence-corrected chi connectivity index (χ3v) is 4.89. The monoisotopic (exact) mass is 401 g/mol. The van der Waals surface area contributed by atoms with Gasteiger partial charge in [0.1, 0.15) is 5.76 Å². The number of hydrogen-bond donors (Lipinski definition) is 0. The molecule has 0 fully saturated rings. The van der Waals surface area contributed by atoms with Crippen LogP contribution in [-0.4, -0.2) is 21.0 Å². The van der Waals surface area contributed by atoms with Gasteiger partial charge in [-0.05, 0) is 24.1 Å². The van der Waals surface area contributed by atoms with Gasteiger partial charge in [-0.15, -0.1) is 10.2 Å².